The van der Waals surface area contributed by atoms with Crippen LogP contribution < -0.4 is 21.1 Å². The van der Waals surface area contributed by atoms with Crippen LogP contribution in [-0.2, 0) is 11.3 Å². The fourth-order valence-corrected chi connectivity index (χ4v) is 6.38. The molecule has 2 fully saturated rings. The average Bonchev–Trinajstić information content (AvgIpc) is 3.02. The largest absolute Gasteiger partial charge is 0.381 e. The maximum atomic E-state index is 15.3. The van der Waals surface area contributed by atoms with Crippen molar-refractivity contribution in [1.29, 1.82) is 0 Å². The van der Waals surface area contributed by atoms with E-state index in [0.717, 1.165) is 24.0 Å². The maximum absolute atomic E-state index is 15.3. The van der Waals surface area contributed by atoms with Gasteiger partial charge in [-0.05, 0) is 68.0 Å². The Morgan fingerprint density at radius 1 is 1.09 bits per heavy atom. The molecule has 236 valence electrons. The molecule has 2 N–H and O–H groups in total. The Labute approximate surface area is 261 Å². The zero-order valence-corrected chi connectivity index (χ0v) is 26.1. The van der Waals surface area contributed by atoms with Gasteiger partial charge in [0.2, 0.25) is 5.95 Å². The Morgan fingerprint density at radius 3 is 2.53 bits per heavy atom. The summed E-state index contributed by atoms with van der Waals surface area (Å²) in [5.74, 6) is -0.533. The molecule has 2 atom stereocenters. The number of carbonyl (C=O) groups excluding carboxylic acids is 1. The number of nitrogens with one attached hydrogen (secondary N) is 2. The van der Waals surface area contributed by atoms with E-state index in [9.17, 15) is 9.59 Å². The fourth-order valence-electron chi connectivity index (χ4n) is 6.38. The average molecular weight is 615 g/mol. The standard InChI is InChI=1S/C33H39FN8O3/c1-19(2)30(43)26-11-23-13-35-33(39-25-5-6-29(28(34)12-25)41-16-20(3)38-21(4)17-41)40-31(23)42(32(26)44)18-24-14-36-37-15-27(24)22-7-9-45-10-8-22/h5-6,11-15,19-22,38H,7-10,16-18H2,1-4H3,(H,35,39,40)/t20-,21+. The molecular formula is C33H39FN8O3. The van der Waals surface area contributed by atoms with Crippen LogP contribution in [0.25, 0.3) is 11.0 Å². The number of ether oxygens (including phenoxy) is 1. The Hall–Kier alpha value is -4.29. The summed E-state index contributed by atoms with van der Waals surface area (Å²) in [5.41, 5.74) is 2.87. The smallest absolute Gasteiger partial charge is 0.263 e. The molecule has 0 aliphatic carbocycles. The predicted molar refractivity (Wildman–Crippen MR) is 171 cm³/mol. The number of Topliss-reactive ketones (excluding diaryl/α,β-unsaturated/α-hetero) is 1. The molecule has 11 nitrogen and oxygen atoms in total. The van der Waals surface area contributed by atoms with E-state index in [4.69, 9.17) is 9.72 Å². The molecule has 4 aromatic rings. The molecule has 12 heteroatoms. The molecule has 2 aliphatic heterocycles. The molecule has 5 heterocycles. The van der Waals surface area contributed by atoms with Gasteiger partial charge in [0, 0.05) is 61.6 Å². The summed E-state index contributed by atoms with van der Waals surface area (Å²) < 4.78 is 22.4. The predicted octanol–water partition coefficient (Wildman–Crippen LogP) is 4.43. The molecule has 3 aromatic heterocycles. The lowest BCUT2D eigenvalue weighted by molar-refractivity contribution is 0.0850. The first-order valence-electron chi connectivity index (χ1n) is 15.6. The van der Waals surface area contributed by atoms with E-state index in [1.165, 1.54) is 10.6 Å². The molecule has 0 radical (unpaired) electrons. The number of fused-ring (bicyclic) bond motifs is 1. The number of aromatic nitrogens is 5. The summed E-state index contributed by atoms with van der Waals surface area (Å²) in [7, 11) is 0. The van der Waals surface area contributed by atoms with Crippen molar-refractivity contribution in [2.45, 2.75) is 65.1 Å². The van der Waals surface area contributed by atoms with Crippen LogP contribution in [0.3, 0.4) is 0 Å². The lowest BCUT2D eigenvalue weighted by Gasteiger charge is -2.37. The van der Waals surface area contributed by atoms with Crippen molar-refractivity contribution in [3.05, 3.63) is 75.7 Å². The van der Waals surface area contributed by atoms with Crippen molar-refractivity contribution in [2.75, 3.05) is 36.5 Å². The molecule has 0 amide bonds. The van der Waals surface area contributed by atoms with Crippen LogP contribution in [0.2, 0.25) is 0 Å². The Kier molecular flexibility index (Phi) is 8.86. The number of hydrogen-bond acceptors (Lipinski definition) is 10. The van der Waals surface area contributed by atoms with E-state index < -0.39 is 5.56 Å². The number of rotatable bonds is 8. The highest BCUT2D eigenvalue weighted by Crippen LogP contribution is 2.30. The third-order valence-corrected chi connectivity index (χ3v) is 8.56. The van der Waals surface area contributed by atoms with Crippen LogP contribution in [0.15, 0.2) is 47.7 Å². The van der Waals surface area contributed by atoms with E-state index in [-0.39, 0.29) is 53.6 Å². The number of piperazine rings is 1. The van der Waals surface area contributed by atoms with Gasteiger partial charge in [0.05, 0.1) is 30.2 Å². The first-order chi connectivity index (χ1) is 21.7. The minimum absolute atomic E-state index is 0.0886. The fraction of sp³-hybridized carbons (Fsp3) is 0.455. The molecule has 0 unspecified atom stereocenters. The lowest BCUT2D eigenvalue weighted by Crippen LogP contribution is -2.54. The van der Waals surface area contributed by atoms with Gasteiger partial charge >= 0.3 is 0 Å². The van der Waals surface area contributed by atoms with Crippen LogP contribution in [0, 0.1) is 11.7 Å². The Bertz CT molecular complexity index is 1760. The number of anilines is 3. The molecule has 45 heavy (non-hydrogen) atoms. The summed E-state index contributed by atoms with van der Waals surface area (Å²) in [6.45, 7) is 10.6. The van der Waals surface area contributed by atoms with Crippen LogP contribution in [-0.4, -0.2) is 68.9 Å². The SMILES string of the molecule is CC(C)C(=O)c1cc2cnc(Nc3ccc(N4C[C@@H](C)N[C@@H](C)C4)c(F)c3)nc2n(Cc2cnncc2C2CCOCC2)c1=O. The summed E-state index contributed by atoms with van der Waals surface area (Å²) in [6, 6.07) is 7.05. The highest BCUT2D eigenvalue weighted by atomic mass is 19.1. The number of pyridine rings is 1. The van der Waals surface area contributed by atoms with Crippen molar-refractivity contribution in [2.24, 2.45) is 5.92 Å². The number of benzene rings is 1. The van der Waals surface area contributed by atoms with Gasteiger partial charge < -0.3 is 20.3 Å². The monoisotopic (exact) mass is 614 g/mol. The molecule has 2 saturated heterocycles. The zero-order chi connectivity index (χ0) is 31.7. The summed E-state index contributed by atoms with van der Waals surface area (Å²) in [4.78, 5) is 38.2. The van der Waals surface area contributed by atoms with Gasteiger partial charge in [-0.25, -0.2) is 9.37 Å². The normalized spacial score (nSPS) is 19.3. The van der Waals surface area contributed by atoms with E-state index in [1.54, 1.807) is 50.6 Å². The number of hydrogen-bond donors (Lipinski definition) is 2. The third-order valence-electron chi connectivity index (χ3n) is 8.56. The second-order valence-corrected chi connectivity index (χ2v) is 12.5. The van der Waals surface area contributed by atoms with E-state index in [2.05, 4.69) is 44.6 Å². The van der Waals surface area contributed by atoms with Gasteiger partial charge in [0.25, 0.3) is 5.56 Å². The van der Waals surface area contributed by atoms with Gasteiger partial charge in [-0.15, -0.1) is 0 Å². The van der Waals surface area contributed by atoms with Crippen LogP contribution in [0.4, 0.5) is 21.7 Å². The molecule has 2 aliphatic rings. The zero-order valence-electron chi connectivity index (χ0n) is 26.1. The minimum atomic E-state index is -0.435. The van der Waals surface area contributed by atoms with Gasteiger partial charge in [-0.3, -0.25) is 14.2 Å². The molecule has 6 rings (SSSR count). The van der Waals surface area contributed by atoms with E-state index >= 15 is 4.39 Å². The van der Waals surface area contributed by atoms with Gasteiger partial charge in [0.1, 0.15) is 11.5 Å². The first-order valence-corrected chi connectivity index (χ1v) is 15.6. The third kappa shape index (κ3) is 6.57. The Morgan fingerprint density at radius 2 is 1.82 bits per heavy atom. The van der Waals surface area contributed by atoms with Crippen LogP contribution >= 0.6 is 0 Å². The number of halogens is 1. The highest BCUT2D eigenvalue weighted by Gasteiger charge is 2.25. The lowest BCUT2D eigenvalue weighted by atomic mass is 9.90. The summed E-state index contributed by atoms with van der Waals surface area (Å²) in [6.07, 6.45) is 6.70. The van der Waals surface area contributed by atoms with Crippen molar-refractivity contribution < 1.29 is 13.9 Å². The van der Waals surface area contributed by atoms with Crippen molar-refractivity contribution in [3.8, 4) is 0 Å². The maximum Gasteiger partial charge on any atom is 0.263 e. The number of nitrogens with zero attached hydrogens (tertiary/aromatic N) is 6. The topological polar surface area (TPSA) is 127 Å². The van der Waals surface area contributed by atoms with Crippen molar-refractivity contribution in [1.82, 2.24) is 30.0 Å². The quantitative estimate of drug-likeness (QED) is 0.275. The molecular weight excluding hydrogens is 575 g/mol. The van der Waals surface area contributed by atoms with Gasteiger partial charge in [-0.2, -0.15) is 15.2 Å². The molecule has 1 aromatic carbocycles. The van der Waals surface area contributed by atoms with Crippen LogP contribution in [0.5, 0.6) is 0 Å². The molecule has 0 spiro atoms. The second-order valence-electron chi connectivity index (χ2n) is 12.5. The molecule has 0 saturated carbocycles. The summed E-state index contributed by atoms with van der Waals surface area (Å²) >= 11 is 0. The van der Waals surface area contributed by atoms with E-state index in [1.807, 2.05) is 0 Å². The minimum Gasteiger partial charge on any atom is -0.381 e. The summed E-state index contributed by atoms with van der Waals surface area (Å²) in [5, 5.41) is 15.3. The van der Waals surface area contributed by atoms with Gasteiger partial charge in [0.15, 0.2) is 5.78 Å². The van der Waals surface area contributed by atoms with Crippen molar-refractivity contribution >= 4 is 34.1 Å². The number of carbonyl (C=O) groups is 1. The van der Waals surface area contributed by atoms with E-state index in [0.29, 0.717) is 48.7 Å². The second kappa shape index (κ2) is 13.0. The molecule has 0 bridgehead atoms. The van der Waals surface area contributed by atoms with Crippen molar-refractivity contribution in [3.63, 3.8) is 0 Å². The van der Waals surface area contributed by atoms with Crippen LogP contribution in [0.1, 0.15) is 67.9 Å². The highest BCUT2D eigenvalue weighted by molar-refractivity contribution is 5.99. The van der Waals surface area contributed by atoms with Gasteiger partial charge in [-0.1, -0.05) is 13.8 Å². The first kappa shape index (κ1) is 30.7. The Balaban J connectivity index is 1.36. The number of ketones is 1.